The number of nitrogens with one attached hydrogen (secondary N) is 1. The van der Waals surface area contributed by atoms with Crippen molar-refractivity contribution in [1.29, 1.82) is 0 Å². The van der Waals surface area contributed by atoms with E-state index >= 15 is 0 Å². The number of nitrogens with zero attached hydrogens (tertiary/aromatic N) is 2. The van der Waals surface area contributed by atoms with Crippen molar-refractivity contribution in [2.75, 3.05) is 19.6 Å². The number of aromatic nitrogens is 1. The Balaban J connectivity index is 2.25. The van der Waals surface area contributed by atoms with E-state index in [1.165, 1.54) is 6.07 Å². The van der Waals surface area contributed by atoms with Crippen molar-refractivity contribution in [3.05, 3.63) is 45.0 Å². The van der Waals surface area contributed by atoms with Crippen molar-refractivity contribution in [1.82, 2.24) is 4.98 Å². The molecule has 0 saturated carbocycles. The average molecular weight is 375 g/mol. The van der Waals surface area contributed by atoms with Gasteiger partial charge in [-0.2, -0.15) is 5.10 Å². The third-order valence-electron chi connectivity index (χ3n) is 3.02. The molecule has 0 amide bonds. The zero-order valence-electron chi connectivity index (χ0n) is 12.7. The van der Waals surface area contributed by atoms with Gasteiger partial charge in [0, 0.05) is 5.56 Å². The fourth-order valence-electron chi connectivity index (χ4n) is 1.79. The minimum Gasteiger partial charge on any atom is -0.493 e. The second-order valence-corrected chi connectivity index (χ2v) is 5.64. The third kappa shape index (κ3) is 4.19. The Hall–Kier alpha value is -1.69. The Morgan fingerprint density at radius 2 is 1.74 bits per heavy atom. The van der Waals surface area contributed by atoms with Gasteiger partial charge in [0.05, 0.1) is 30.0 Å². The van der Waals surface area contributed by atoms with Gasteiger partial charge < -0.3 is 9.47 Å². The summed E-state index contributed by atoms with van der Waals surface area (Å²) in [5.41, 5.74) is 4.33. The first-order valence-electron chi connectivity index (χ1n) is 6.50. The van der Waals surface area contributed by atoms with Crippen molar-refractivity contribution in [2.45, 2.75) is 6.92 Å². The van der Waals surface area contributed by atoms with Crippen LogP contribution in [0.2, 0.25) is 15.2 Å². The average Bonchev–Trinajstić information content (AvgIpc) is 2.55. The van der Waals surface area contributed by atoms with Gasteiger partial charge in [0.1, 0.15) is 5.15 Å². The van der Waals surface area contributed by atoms with Gasteiger partial charge in [-0.15, -0.1) is 0 Å². The monoisotopic (exact) mass is 373 g/mol. The van der Waals surface area contributed by atoms with Gasteiger partial charge in [-0.05, 0) is 31.2 Å². The zero-order chi connectivity index (χ0) is 17.0. The smallest absolute Gasteiger partial charge is 0.166 e. The minimum absolute atomic E-state index is 0.150. The molecule has 1 N–H and O–H groups in total. The topological polar surface area (TPSA) is 55.7 Å². The van der Waals surface area contributed by atoms with Crippen LogP contribution in [0.25, 0.3) is 0 Å². The molecule has 1 aromatic heterocycles. The van der Waals surface area contributed by atoms with Gasteiger partial charge in [-0.1, -0.05) is 34.8 Å². The normalized spacial score (nSPS) is 11.3. The van der Waals surface area contributed by atoms with E-state index in [2.05, 4.69) is 15.5 Å². The van der Waals surface area contributed by atoms with Gasteiger partial charge in [0.2, 0.25) is 0 Å². The van der Waals surface area contributed by atoms with Crippen LogP contribution in [0, 0.1) is 0 Å². The molecule has 0 saturated heterocycles. The second kappa shape index (κ2) is 7.73. The van der Waals surface area contributed by atoms with Crippen LogP contribution in [-0.4, -0.2) is 24.9 Å². The number of benzene rings is 1. The molecular formula is C15H14Cl3N3O2. The molecule has 0 atom stereocenters. The van der Waals surface area contributed by atoms with Crippen LogP contribution in [0.3, 0.4) is 0 Å². The summed E-state index contributed by atoms with van der Waals surface area (Å²) < 4.78 is 10.5. The lowest BCUT2D eigenvalue weighted by Crippen LogP contribution is -2.02. The van der Waals surface area contributed by atoms with Crippen LogP contribution in [-0.2, 0) is 0 Å². The summed E-state index contributed by atoms with van der Waals surface area (Å²) in [6.07, 6.45) is 0. The molecule has 0 radical (unpaired) electrons. The molecule has 5 nitrogen and oxygen atoms in total. The number of hydrogen-bond acceptors (Lipinski definition) is 5. The maximum atomic E-state index is 6.04. The molecule has 0 unspecified atom stereocenters. The van der Waals surface area contributed by atoms with Crippen LogP contribution >= 0.6 is 34.8 Å². The van der Waals surface area contributed by atoms with Crippen LogP contribution < -0.4 is 14.9 Å². The van der Waals surface area contributed by atoms with Crippen molar-refractivity contribution in [3.8, 4) is 11.5 Å². The number of pyridine rings is 1. The number of halogens is 3. The van der Waals surface area contributed by atoms with Crippen LogP contribution in [0.1, 0.15) is 12.5 Å². The van der Waals surface area contributed by atoms with E-state index < -0.39 is 0 Å². The summed E-state index contributed by atoms with van der Waals surface area (Å²) in [5.74, 6) is 1.58. The molecule has 0 aliphatic heterocycles. The second-order valence-electron chi connectivity index (χ2n) is 4.47. The van der Waals surface area contributed by atoms with Crippen molar-refractivity contribution >= 4 is 46.3 Å². The van der Waals surface area contributed by atoms with E-state index in [4.69, 9.17) is 44.3 Å². The lowest BCUT2D eigenvalue weighted by atomic mass is 10.1. The molecule has 0 aliphatic rings. The summed E-state index contributed by atoms with van der Waals surface area (Å²) in [5, 5.41) is 5.00. The van der Waals surface area contributed by atoms with E-state index in [-0.39, 0.29) is 10.2 Å². The molecule has 1 heterocycles. The highest BCUT2D eigenvalue weighted by atomic mass is 35.5. The maximum Gasteiger partial charge on any atom is 0.166 e. The summed E-state index contributed by atoms with van der Waals surface area (Å²) in [6.45, 7) is 1.83. The quantitative estimate of drug-likeness (QED) is 0.460. The first kappa shape index (κ1) is 17.7. The van der Waals surface area contributed by atoms with Crippen LogP contribution in [0.15, 0.2) is 29.4 Å². The van der Waals surface area contributed by atoms with Crippen molar-refractivity contribution in [3.63, 3.8) is 0 Å². The highest BCUT2D eigenvalue weighted by Gasteiger charge is 2.09. The molecule has 0 bridgehead atoms. The predicted molar refractivity (Wildman–Crippen MR) is 94.6 cm³/mol. The summed E-state index contributed by atoms with van der Waals surface area (Å²) in [4.78, 5) is 4.04. The van der Waals surface area contributed by atoms with Gasteiger partial charge in [0.25, 0.3) is 0 Å². The summed E-state index contributed by atoms with van der Waals surface area (Å²) >= 11 is 17.8. The predicted octanol–water partition coefficient (Wildman–Crippen LogP) is 4.90. The molecule has 2 aromatic rings. The first-order chi connectivity index (χ1) is 11.0. The third-order valence-corrected chi connectivity index (χ3v) is 3.98. The number of hydrazone groups is 1. The Morgan fingerprint density at radius 3 is 2.39 bits per heavy atom. The largest absolute Gasteiger partial charge is 0.493 e. The minimum atomic E-state index is 0.150. The Bertz CT molecular complexity index is 751. The number of methoxy groups -OCH3 is 2. The molecule has 122 valence electrons. The highest BCUT2D eigenvalue weighted by Crippen LogP contribution is 2.30. The number of hydrogen-bond donors (Lipinski definition) is 1. The van der Waals surface area contributed by atoms with Gasteiger partial charge >= 0.3 is 0 Å². The van der Waals surface area contributed by atoms with E-state index in [0.717, 1.165) is 5.56 Å². The molecule has 0 spiro atoms. The zero-order valence-corrected chi connectivity index (χ0v) is 14.9. The fraction of sp³-hybridized carbons (Fsp3) is 0.200. The number of anilines is 1. The van der Waals surface area contributed by atoms with E-state index in [0.29, 0.717) is 28.1 Å². The first-order valence-corrected chi connectivity index (χ1v) is 7.64. The van der Waals surface area contributed by atoms with E-state index in [1.807, 2.05) is 19.1 Å². The van der Waals surface area contributed by atoms with Gasteiger partial charge in [-0.25, -0.2) is 4.98 Å². The van der Waals surface area contributed by atoms with Gasteiger partial charge in [-0.3, -0.25) is 5.43 Å². The van der Waals surface area contributed by atoms with Crippen LogP contribution in [0.5, 0.6) is 11.5 Å². The lowest BCUT2D eigenvalue weighted by Gasteiger charge is -2.10. The Kier molecular flexibility index (Phi) is 5.93. The molecule has 0 fully saturated rings. The highest BCUT2D eigenvalue weighted by molar-refractivity contribution is 6.42. The van der Waals surface area contributed by atoms with E-state index in [1.54, 1.807) is 20.3 Å². The SMILES string of the molecule is COc1ccc(/C(C)=N\Nc2nc(Cl)c(Cl)cc2Cl)cc1OC. The Morgan fingerprint density at radius 1 is 1.04 bits per heavy atom. The molecule has 1 aromatic carbocycles. The Labute approximate surface area is 149 Å². The standard InChI is InChI=1S/C15H14Cl3N3O2/c1-8(9-4-5-12(22-2)13(6-9)23-3)20-21-15-11(17)7-10(16)14(18)19-15/h4-7H,1-3H3,(H,19,21)/b20-8-. The van der Waals surface area contributed by atoms with Gasteiger partial charge in [0.15, 0.2) is 17.3 Å². The molecule has 23 heavy (non-hydrogen) atoms. The summed E-state index contributed by atoms with van der Waals surface area (Å²) in [6, 6.07) is 6.99. The number of rotatable bonds is 5. The summed E-state index contributed by atoms with van der Waals surface area (Å²) in [7, 11) is 3.16. The number of ether oxygens (including phenoxy) is 2. The maximum absolute atomic E-state index is 6.04. The molecule has 8 heteroatoms. The molecular weight excluding hydrogens is 361 g/mol. The lowest BCUT2D eigenvalue weighted by molar-refractivity contribution is 0.355. The molecule has 0 aliphatic carbocycles. The van der Waals surface area contributed by atoms with E-state index in [9.17, 15) is 0 Å². The van der Waals surface area contributed by atoms with Crippen LogP contribution in [0.4, 0.5) is 5.82 Å². The molecule has 2 rings (SSSR count). The van der Waals surface area contributed by atoms with Crippen molar-refractivity contribution < 1.29 is 9.47 Å². The fourth-order valence-corrected chi connectivity index (χ4v) is 2.33. The van der Waals surface area contributed by atoms with Crippen molar-refractivity contribution in [2.24, 2.45) is 5.10 Å².